The Labute approximate surface area is 155 Å². The first-order valence-electron chi connectivity index (χ1n) is 8.15. The van der Waals surface area contributed by atoms with Crippen molar-refractivity contribution in [3.05, 3.63) is 69.2 Å². The molecule has 7 nitrogen and oxygen atoms in total. The number of nitrogens with one attached hydrogen (secondary N) is 1. The summed E-state index contributed by atoms with van der Waals surface area (Å²) in [6, 6.07) is 13.3. The van der Waals surface area contributed by atoms with Gasteiger partial charge in [0.1, 0.15) is 0 Å². The van der Waals surface area contributed by atoms with E-state index in [9.17, 15) is 14.9 Å². The topological polar surface area (TPSA) is 84.7 Å². The molecule has 136 valence electrons. The molecule has 0 aromatic heterocycles. The first kappa shape index (κ1) is 18.3. The Morgan fingerprint density at radius 1 is 1.23 bits per heavy atom. The zero-order chi connectivity index (χ0) is 18.5. The van der Waals surface area contributed by atoms with Gasteiger partial charge in [0.25, 0.3) is 5.69 Å². The molecule has 1 aliphatic rings. The maximum absolute atomic E-state index is 12.2. The summed E-state index contributed by atoms with van der Waals surface area (Å²) in [4.78, 5) is 24.4. The number of hydrogen-bond acceptors (Lipinski definition) is 5. The van der Waals surface area contributed by atoms with Crippen LogP contribution in [0.4, 0.5) is 11.4 Å². The van der Waals surface area contributed by atoms with Gasteiger partial charge in [-0.1, -0.05) is 23.7 Å². The van der Waals surface area contributed by atoms with E-state index in [4.69, 9.17) is 16.3 Å². The van der Waals surface area contributed by atoms with E-state index in [2.05, 4.69) is 5.32 Å². The van der Waals surface area contributed by atoms with Crippen molar-refractivity contribution in [2.45, 2.75) is 6.10 Å². The third kappa shape index (κ3) is 4.78. The third-order valence-electron chi connectivity index (χ3n) is 4.12. The molecule has 1 aliphatic heterocycles. The van der Waals surface area contributed by atoms with Crippen LogP contribution in [0.1, 0.15) is 11.7 Å². The number of nitro benzene ring substituents is 1. The summed E-state index contributed by atoms with van der Waals surface area (Å²) in [5.41, 5.74) is 1.54. The number of nitro groups is 1. The van der Waals surface area contributed by atoms with Gasteiger partial charge in [-0.2, -0.15) is 0 Å². The molecule has 1 unspecified atom stereocenters. The van der Waals surface area contributed by atoms with Crippen LogP contribution in [0.3, 0.4) is 0 Å². The fraction of sp³-hybridized carbons (Fsp3) is 0.278. The molecule has 2 aromatic rings. The van der Waals surface area contributed by atoms with E-state index < -0.39 is 4.92 Å². The molecule has 1 N–H and O–H groups in total. The average molecular weight is 376 g/mol. The van der Waals surface area contributed by atoms with Gasteiger partial charge in [0.05, 0.1) is 24.2 Å². The van der Waals surface area contributed by atoms with E-state index in [1.54, 1.807) is 0 Å². The summed E-state index contributed by atoms with van der Waals surface area (Å²) in [5, 5.41) is 14.1. The number of rotatable bonds is 5. The number of anilines is 1. The molecule has 0 saturated carbocycles. The minimum absolute atomic E-state index is 0.0121. The Kier molecular flexibility index (Phi) is 5.82. The number of carbonyl (C=O) groups is 1. The average Bonchev–Trinajstić information content (AvgIpc) is 2.63. The van der Waals surface area contributed by atoms with Gasteiger partial charge in [-0.15, -0.1) is 0 Å². The maximum Gasteiger partial charge on any atom is 0.269 e. The van der Waals surface area contributed by atoms with Crippen LogP contribution < -0.4 is 5.32 Å². The molecule has 0 spiro atoms. The van der Waals surface area contributed by atoms with Gasteiger partial charge in [0.15, 0.2) is 0 Å². The molecular weight excluding hydrogens is 358 g/mol. The van der Waals surface area contributed by atoms with Crippen molar-refractivity contribution in [1.29, 1.82) is 0 Å². The van der Waals surface area contributed by atoms with Crippen molar-refractivity contribution in [3.63, 3.8) is 0 Å². The van der Waals surface area contributed by atoms with E-state index in [-0.39, 0.29) is 24.2 Å². The highest BCUT2D eigenvalue weighted by atomic mass is 35.5. The lowest BCUT2D eigenvalue weighted by Gasteiger charge is -2.32. The maximum atomic E-state index is 12.2. The number of nitrogens with zero attached hydrogens (tertiary/aromatic N) is 2. The quantitative estimate of drug-likeness (QED) is 0.640. The number of carbonyl (C=O) groups excluding carboxylic acids is 1. The second-order valence-corrected chi connectivity index (χ2v) is 6.43. The number of amides is 1. The van der Waals surface area contributed by atoms with Crippen LogP contribution in [-0.2, 0) is 9.53 Å². The standard InChI is InChI=1S/C18H18ClN3O4/c19-14-3-1-13(2-4-14)17-11-21(9-10-26-17)12-18(23)20-15-5-7-16(8-6-15)22(24)25/h1-8,17H,9-12H2,(H,20,23). The highest BCUT2D eigenvalue weighted by Crippen LogP contribution is 2.23. The smallest absolute Gasteiger partial charge is 0.269 e. The molecule has 1 fully saturated rings. The van der Waals surface area contributed by atoms with Crippen molar-refractivity contribution in [3.8, 4) is 0 Å². The van der Waals surface area contributed by atoms with Crippen molar-refractivity contribution in [1.82, 2.24) is 4.90 Å². The highest BCUT2D eigenvalue weighted by molar-refractivity contribution is 6.30. The predicted molar refractivity (Wildman–Crippen MR) is 98.3 cm³/mol. The van der Waals surface area contributed by atoms with Gasteiger partial charge in [-0.25, -0.2) is 0 Å². The number of morpholine rings is 1. The van der Waals surface area contributed by atoms with Gasteiger partial charge >= 0.3 is 0 Å². The molecule has 1 saturated heterocycles. The summed E-state index contributed by atoms with van der Waals surface area (Å²) >= 11 is 5.91. The lowest BCUT2D eigenvalue weighted by Crippen LogP contribution is -2.42. The molecule has 1 heterocycles. The largest absolute Gasteiger partial charge is 0.371 e. The number of hydrogen-bond donors (Lipinski definition) is 1. The van der Waals surface area contributed by atoms with Crippen LogP contribution >= 0.6 is 11.6 Å². The van der Waals surface area contributed by atoms with Gasteiger partial charge < -0.3 is 10.1 Å². The Morgan fingerprint density at radius 2 is 1.92 bits per heavy atom. The van der Waals surface area contributed by atoms with Gasteiger partial charge in [-0.05, 0) is 29.8 Å². The van der Waals surface area contributed by atoms with Gasteiger partial charge in [0.2, 0.25) is 5.91 Å². The predicted octanol–water partition coefficient (Wildman–Crippen LogP) is 3.26. The van der Waals surface area contributed by atoms with Gasteiger partial charge in [0, 0.05) is 35.9 Å². The van der Waals surface area contributed by atoms with Crippen molar-refractivity contribution >= 4 is 28.9 Å². The fourth-order valence-electron chi connectivity index (χ4n) is 2.80. The minimum atomic E-state index is -0.476. The van der Waals surface area contributed by atoms with Crippen LogP contribution in [0.2, 0.25) is 5.02 Å². The molecule has 1 amide bonds. The van der Waals surface area contributed by atoms with Crippen molar-refractivity contribution < 1.29 is 14.5 Å². The van der Waals surface area contributed by atoms with E-state index in [1.807, 2.05) is 29.2 Å². The Balaban J connectivity index is 1.55. The second-order valence-electron chi connectivity index (χ2n) is 6.00. The zero-order valence-electron chi connectivity index (χ0n) is 13.9. The molecule has 8 heteroatoms. The van der Waals surface area contributed by atoms with Crippen LogP contribution in [0.15, 0.2) is 48.5 Å². The number of non-ortho nitro benzene ring substituents is 1. The first-order valence-corrected chi connectivity index (χ1v) is 8.53. The fourth-order valence-corrected chi connectivity index (χ4v) is 2.92. The molecule has 26 heavy (non-hydrogen) atoms. The molecule has 3 rings (SSSR count). The summed E-state index contributed by atoms with van der Waals surface area (Å²) in [6.07, 6.45) is -0.104. The van der Waals surface area contributed by atoms with E-state index >= 15 is 0 Å². The van der Waals surface area contributed by atoms with Crippen LogP contribution in [0.25, 0.3) is 0 Å². The second kappa shape index (κ2) is 8.27. The minimum Gasteiger partial charge on any atom is -0.371 e. The van der Waals surface area contributed by atoms with Crippen LogP contribution in [0, 0.1) is 10.1 Å². The Hall–Kier alpha value is -2.48. The molecule has 0 aliphatic carbocycles. The third-order valence-corrected chi connectivity index (χ3v) is 4.37. The molecule has 0 radical (unpaired) electrons. The van der Waals surface area contributed by atoms with Gasteiger partial charge in [-0.3, -0.25) is 19.8 Å². The molecule has 0 bridgehead atoms. The number of ether oxygens (including phenoxy) is 1. The van der Waals surface area contributed by atoms with Crippen LogP contribution in [0.5, 0.6) is 0 Å². The lowest BCUT2D eigenvalue weighted by molar-refractivity contribution is -0.384. The zero-order valence-corrected chi connectivity index (χ0v) is 14.7. The number of halogens is 1. The van der Waals surface area contributed by atoms with Crippen molar-refractivity contribution in [2.24, 2.45) is 0 Å². The highest BCUT2D eigenvalue weighted by Gasteiger charge is 2.23. The SMILES string of the molecule is O=C(CN1CCOC(c2ccc(Cl)cc2)C1)Nc1ccc([N+](=O)[O-])cc1. The first-order chi connectivity index (χ1) is 12.5. The molecular formula is C18H18ClN3O4. The summed E-state index contributed by atoms with van der Waals surface area (Å²) in [7, 11) is 0. The van der Waals surface area contributed by atoms with E-state index in [1.165, 1.54) is 24.3 Å². The summed E-state index contributed by atoms with van der Waals surface area (Å²) in [6.45, 7) is 2.04. The summed E-state index contributed by atoms with van der Waals surface area (Å²) < 4.78 is 5.79. The Morgan fingerprint density at radius 3 is 2.58 bits per heavy atom. The Bertz CT molecular complexity index is 780. The molecule has 1 atom stereocenters. The van der Waals surface area contributed by atoms with E-state index in [0.29, 0.717) is 30.4 Å². The lowest BCUT2D eigenvalue weighted by atomic mass is 10.1. The monoisotopic (exact) mass is 375 g/mol. The van der Waals surface area contributed by atoms with E-state index in [0.717, 1.165) is 5.56 Å². The number of benzene rings is 2. The van der Waals surface area contributed by atoms with Crippen LogP contribution in [-0.4, -0.2) is 42.0 Å². The normalized spacial score (nSPS) is 17.7. The summed E-state index contributed by atoms with van der Waals surface area (Å²) in [5.74, 6) is -0.171. The molecule has 2 aromatic carbocycles. The van der Waals surface area contributed by atoms with Crippen molar-refractivity contribution in [2.75, 3.05) is 31.6 Å².